The zero-order valence-corrected chi connectivity index (χ0v) is 20.0. The highest BCUT2D eigenvalue weighted by Gasteiger charge is 2.29. The average molecular weight is 483 g/mol. The Morgan fingerprint density at radius 2 is 1.74 bits per heavy atom. The van der Waals surface area contributed by atoms with Gasteiger partial charge in [-0.25, -0.2) is 9.78 Å². The van der Waals surface area contributed by atoms with Gasteiger partial charge < -0.3 is 18.8 Å². The fourth-order valence-electron chi connectivity index (χ4n) is 4.15. The first kappa shape index (κ1) is 23.8. The third-order valence-electron chi connectivity index (χ3n) is 5.94. The monoisotopic (exact) mass is 482 g/mol. The largest absolute Gasteiger partial charge is 0.484 e. The molecule has 1 aromatic heterocycles. The number of nitrogens with zero attached hydrogens (tertiary/aromatic N) is 2. The number of carbonyl (C=O) groups is 2. The first-order valence-electron chi connectivity index (χ1n) is 11.3. The van der Waals surface area contributed by atoms with Gasteiger partial charge in [0.2, 0.25) is 5.89 Å². The number of carbonyl (C=O) groups excluding carboxylic acids is 2. The van der Waals surface area contributed by atoms with Crippen molar-refractivity contribution in [3.05, 3.63) is 71.2 Å². The van der Waals surface area contributed by atoms with Crippen molar-refractivity contribution in [2.24, 2.45) is 0 Å². The summed E-state index contributed by atoms with van der Waals surface area (Å²) in [6.45, 7) is 4.03. The lowest BCUT2D eigenvalue weighted by Crippen LogP contribution is -2.49. The number of likely N-dealkylation sites (tertiary alicyclic amines) is 1. The van der Waals surface area contributed by atoms with Gasteiger partial charge in [0.25, 0.3) is 5.91 Å². The molecule has 2 atom stereocenters. The van der Waals surface area contributed by atoms with Crippen LogP contribution in [0.3, 0.4) is 0 Å². The Hall–Kier alpha value is -3.32. The van der Waals surface area contributed by atoms with Crippen molar-refractivity contribution >= 4 is 23.5 Å². The molecule has 0 radical (unpaired) electrons. The third kappa shape index (κ3) is 5.78. The van der Waals surface area contributed by atoms with E-state index >= 15 is 0 Å². The molecule has 7 nitrogen and oxygen atoms in total. The van der Waals surface area contributed by atoms with Gasteiger partial charge >= 0.3 is 5.97 Å². The van der Waals surface area contributed by atoms with Crippen LogP contribution in [0.1, 0.15) is 49.4 Å². The quantitative estimate of drug-likeness (QED) is 0.412. The van der Waals surface area contributed by atoms with Gasteiger partial charge in [0.1, 0.15) is 5.75 Å². The Bertz CT molecular complexity index is 1120. The Kier molecular flexibility index (Phi) is 7.53. The summed E-state index contributed by atoms with van der Waals surface area (Å²) in [5.74, 6) is 0.838. The molecule has 0 aliphatic carbocycles. The summed E-state index contributed by atoms with van der Waals surface area (Å²) >= 11 is 5.90. The summed E-state index contributed by atoms with van der Waals surface area (Å²) in [4.78, 5) is 31.0. The van der Waals surface area contributed by atoms with Crippen molar-refractivity contribution in [1.29, 1.82) is 0 Å². The van der Waals surface area contributed by atoms with Gasteiger partial charge in [-0.1, -0.05) is 11.6 Å². The lowest BCUT2D eigenvalue weighted by Gasteiger charge is -2.38. The predicted molar refractivity (Wildman–Crippen MR) is 128 cm³/mol. The summed E-state index contributed by atoms with van der Waals surface area (Å²) in [5, 5.41) is 0.631. The number of ether oxygens (including phenoxy) is 2. The molecule has 1 amide bonds. The Morgan fingerprint density at radius 1 is 1.06 bits per heavy atom. The van der Waals surface area contributed by atoms with Gasteiger partial charge in [0.05, 0.1) is 11.8 Å². The summed E-state index contributed by atoms with van der Waals surface area (Å²) in [7, 11) is 0. The van der Waals surface area contributed by atoms with E-state index in [9.17, 15) is 9.59 Å². The highest BCUT2D eigenvalue weighted by atomic mass is 35.5. The van der Waals surface area contributed by atoms with Crippen LogP contribution < -0.4 is 4.74 Å². The lowest BCUT2D eigenvalue weighted by molar-refractivity contribution is -0.139. The van der Waals surface area contributed by atoms with Crippen LogP contribution in [0.15, 0.2) is 59.1 Å². The molecule has 178 valence electrons. The maximum atomic E-state index is 12.6. The van der Waals surface area contributed by atoms with Crippen LogP contribution in [0, 0.1) is 0 Å². The van der Waals surface area contributed by atoms with E-state index in [0.717, 1.165) is 24.8 Å². The van der Waals surface area contributed by atoms with Gasteiger partial charge in [-0.15, -0.1) is 0 Å². The van der Waals surface area contributed by atoms with E-state index in [1.54, 1.807) is 42.6 Å². The van der Waals surface area contributed by atoms with Crippen molar-refractivity contribution in [2.75, 3.05) is 6.61 Å². The summed E-state index contributed by atoms with van der Waals surface area (Å²) in [6.07, 6.45) is 4.75. The van der Waals surface area contributed by atoms with Crippen molar-refractivity contribution in [1.82, 2.24) is 9.88 Å². The minimum Gasteiger partial charge on any atom is -0.484 e. The van der Waals surface area contributed by atoms with E-state index in [-0.39, 0.29) is 37.1 Å². The second-order valence-electron chi connectivity index (χ2n) is 8.44. The molecule has 3 aromatic rings. The van der Waals surface area contributed by atoms with Gasteiger partial charge in [0.15, 0.2) is 19.0 Å². The van der Waals surface area contributed by atoms with E-state index in [4.69, 9.17) is 25.5 Å². The van der Waals surface area contributed by atoms with Gasteiger partial charge in [0, 0.05) is 22.7 Å². The minimum absolute atomic E-state index is 0.0212. The average Bonchev–Trinajstić information content (AvgIpc) is 3.31. The molecule has 0 saturated carbocycles. The molecule has 4 rings (SSSR count). The fourth-order valence-corrected chi connectivity index (χ4v) is 4.28. The zero-order chi connectivity index (χ0) is 24.1. The highest BCUT2D eigenvalue weighted by Crippen LogP contribution is 2.24. The van der Waals surface area contributed by atoms with Crippen LogP contribution in [0.4, 0.5) is 0 Å². The van der Waals surface area contributed by atoms with Crippen molar-refractivity contribution < 1.29 is 23.5 Å². The van der Waals surface area contributed by atoms with Crippen molar-refractivity contribution in [3.8, 4) is 17.1 Å². The number of aromatic nitrogens is 1. The Labute approximate surface area is 203 Å². The second kappa shape index (κ2) is 10.7. The molecular formula is C26H27ClN2O5. The smallest absolute Gasteiger partial charge is 0.338 e. The van der Waals surface area contributed by atoms with Crippen LogP contribution in [-0.2, 0) is 16.1 Å². The van der Waals surface area contributed by atoms with E-state index in [2.05, 4.69) is 18.8 Å². The van der Waals surface area contributed by atoms with E-state index in [1.165, 1.54) is 0 Å². The van der Waals surface area contributed by atoms with Gasteiger partial charge in [-0.2, -0.15) is 0 Å². The molecule has 0 spiro atoms. The van der Waals surface area contributed by atoms with Crippen LogP contribution >= 0.6 is 11.6 Å². The van der Waals surface area contributed by atoms with E-state index < -0.39 is 5.97 Å². The van der Waals surface area contributed by atoms with Gasteiger partial charge in [-0.3, -0.25) is 4.79 Å². The number of piperidine rings is 1. The summed E-state index contributed by atoms with van der Waals surface area (Å²) in [5.41, 5.74) is 1.19. The van der Waals surface area contributed by atoms with Gasteiger partial charge in [-0.05, 0) is 81.6 Å². The SMILES string of the molecule is C[C@@H]1CCC[C@H](C)N1C(=O)COc1ccc(C(=O)OCc2ncc(-c3ccc(Cl)cc3)o2)cc1. The van der Waals surface area contributed by atoms with Crippen LogP contribution in [0.25, 0.3) is 11.3 Å². The van der Waals surface area contributed by atoms with Crippen LogP contribution in [0.2, 0.25) is 5.02 Å². The highest BCUT2D eigenvalue weighted by molar-refractivity contribution is 6.30. The first-order valence-corrected chi connectivity index (χ1v) is 11.7. The number of amides is 1. The lowest BCUT2D eigenvalue weighted by atomic mass is 9.97. The van der Waals surface area contributed by atoms with E-state index in [0.29, 0.717) is 22.1 Å². The number of hydrogen-bond acceptors (Lipinski definition) is 6. The zero-order valence-electron chi connectivity index (χ0n) is 19.2. The van der Waals surface area contributed by atoms with E-state index in [1.807, 2.05) is 17.0 Å². The number of oxazole rings is 1. The normalized spacial score (nSPS) is 17.9. The standard InChI is InChI=1S/C26H27ClN2O5/c1-17-4-3-5-18(2)29(17)25(30)16-32-22-12-8-20(9-13-22)26(31)33-15-24-28-14-23(34-24)19-6-10-21(27)11-7-19/h6-14,17-18H,3-5,15-16H2,1-2H3/t17-,18+. The third-order valence-corrected chi connectivity index (χ3v) is 6.19. The number of halogens is 1. The number of hydrogen-bond donors (Lipinski definition) is 0. The minimum atomic E-state index is -0.509. The number of esters is 1. The molecule has 0 unspecified atom stereocenters. The van der Waals surface area contributed by atoms with Crippen LogP contribution in [0.5, 0.6) is 5.75 Å². The molecule has 34 heavy (non-hydrogen) atoms. The van der Waals surface area contributed by atoms with Crippen molar-refractivity contribution in [3.63, 3.8) is 0 Å². The molecule has 2 heterocycles. The molecule has 0 bridgehead atoms. The first-order chi connectivity index (χ1) is 16.4. The second-order valence-corrected chi connectivity index (χ2v) is 8.88. The molecule has 0 N–H and O–H groups in total. The Balaban J connectivity index is 1.27. The fraction of sp³-hybridized carbons (Fsp3) is 0.346. The molecule has 1 aliphatic heterocycles. The number of benzene rings is 2. The number of rotatable bonds is 7. The molecule has 2 aromatic carbocycles. The topological polar surface area (TPSA) is 81.9 Å². The summed E-state index contributed by atoms with van der Waals surface area (Å²) in [6, 6.07) is 14.1. The maximum Gasteiger partial charge on any atom is 0.338 e. The van der Waals surface area contributed by atoms with Crippen molar-refractivity contribution in [2.45, 2.75) is 51.8 Å². The molecule has 1 saturated heterocycles. The molecule has 8 heteroatoms. The summed E-state index contributed by atoms with van der Waals surface area (Å²) < 4.78 is 16.6. The predicted octanol–water partition coefficient (Wildman–Crippen LogP) is 5.52. The maximum absolute atomic E-state index is 12.6. The van der Waals surface area contributed by atoms with Crippen LogP contribution in [-0.4, -0.2) is 40.5 Å². The molecular weight excluding hydrogens is 456 g/mol. The molecule has 1 fully saturated rings. The molecule has 1 aliphatic rings. The Morgan fingerprint density at radius 3 is 2.41 bits per heavy atom.